The van der Waals surface area contributed by atoms with Crippen molar-refractivity contribution in [2.75, 3.05) is 0 Å². The smallest absolute Gasteiger partial charge is 0.237 e. The Labute approximate surface area is 115 Å². The molecule has 0 radical (unpaired) electrons. The van der Waals surface area contributed by atoms with E-state index < -0.39 is 0 Å². The fraction of sp³-hybridized carbons (Fsp3) is 0.214. The van der Waals surface area contributed by atoms with E-state index in [2.05, 4.69) is 34.2 Å². The van der Waals surface area contributed by atoms with E-state index in [1.807, 2.05) is 25.1 Å². The van der Waals surface area contributed by atoms with E-state index in [1.54, 1.807) is 11.8 Å². The second kappa shape index (κ2) is 5.01. The molecule has 0 spiro atoms. The molecule has 0 atom stereocenters. The normalized spacial score (nSPS) is 11.1. The van der Waals surface area contributed by atoms with Crippen molar-refractivity contribution in [2.24, 2.45) is 0 Å². The van der Waals surface area contributed by atoms with Crippen LogP contribution in [0.5, 0.6) is 0 Å². The number of aryl methyl sites for hydroxylation is 2. The van der Waals surface area contributed by atoms with Crippen LogP contribution in [0.2, 0.25) is 0 Å². The number of nitrogens with zero attached hydrogens (tertiary/aromatic N) is 3. The number of thioether (sulfide) groups is 1. The van der Waals surface area contributed by atoms with E-state index in [0.717, 1.165) is 10.5 Å². The van der Waals surface area contributed by atoms with Crippen molar-refractivity contribution in [2.45, 2.75) is 24.6 Å². The molecular weight excluding hydrogens is 258 g/mol. The number of hydrogen-bond acceptors (Lipinski definition) is 5. The van der Waals surface area contributed by atoms with Gasteiger partial charge < -0.3 is 4.52 Å². The van der Waals surface area contributed by atoms with Crippen molar-refractivity contribution in [3.63, 3.8) is 0 Å². The van der Waals surface area contributed by atoms with Crippen molar-refractivity contribution >= 4 is 22.7 Å². The molecule has 3 aromatic rings. The first-order valence-corrected chi connectivity index (χ1v) is 6.99. The van der Waals surface area contributed by atoms with Crippen LogP contribution in [0, 0.1) is 13.8 Å². The first-order chi connectivity index (χ1) is 9.22. The summed E-state index contributed by atoms with van der Waals surface area (Å²) in [7, 11) is 0. The maximum absolute atomic E-state index is 5.09. The largest absolute Gasteiger partial charge is 0.338 e. The molecule has 5 heteroatoms. The number of hydrogen-bond donors (Lipinski definition) is 0. The Morgan fingerprint density at radius 1 is 1.16 bits per heavy atom. The van der Waals surface area contributed by atoms with Gasteiger partial charge in [0.15, 0.2) is 5.82 Å². The fourth-order valence-electron chi connectivity index (χ4n) is 1.93. The number of pyridine rings is 1. The van der Waals surface area contributed by atoms with E-state index in [9.17, 15) is 0 Å². The van der Waals surface area contributed by atoms with E-state index in [0.29, 0.717) is 17.5 Å². The second-order valence-corrected chi connectivity index (χ2v) is 5.31. The molecule has 3 rings (SSSR count). The highest BCUT2D eigenvalue weighted by Gasteiger charge is 2.06. The Bertz CT molecular complexity index is 724. The summed E-state index contributed by atoms with van der Waals surface area (Å²) in [6, 6.07) is 10.3. The summed E-state index contributed by atoms with van der Waals surface area (Å²) in [5.74, 6) is 1.94. The Kier molecular flexibility index (Phi) is 3.21. The van der Waals surface area contributed by atoms with Gasteiger partial charge in [0, 0.05) is 5.39 Å². The number of fused-ring (bicyclic) bond motifs is 1. The van der Waals surface area contributed by atoms with Crippen LogP contribution in [0.4, 0.5) is 0 Å². The van der Waals surface area contributed by atoms with Crippen molar-refractivity contribution in [3.05, 3.63) is 47.6 Å². The highest BCUT2D eigenvalue weighted by molar-refractivity contribution is 7.98. The Morgan fingerprint density at radius 3 is 2.79 bits per heavy atom. The zero-order chi connectivity index (χ0) is 13.2. The van der Waals surface area contributed by atoms with Crippen molar-refractivity contribution < 1.29 is 4.52 Å². The van der Waals surface area contributed by atoms with Crippen LogP contribution in [-0.4, -0.2) is 15.1 Å². The third-order valence-electron chi connectivity index (χ3n) is 2.81. The van der Waals surface area contributed by atoms with Gasteiger partial charge in [0.25, 0.3) is 0 Å². The standard InChI is InChI=1S/C14H13N3OS/c1-9-7-14(16-12-6-4-3-5-11(9)12)19-8-13-15-10(2)17-18-13/h3-7H,8H2,1-2H3. The number of para-hydroxylation sites is 1. The van der Waals surface area contributed by atoms with Gasteiger partial charge in [-0.2, -0.15) is 4.98 Å². The van der Waals surface area contributed by atoms with Crippen LogP contribution in [-0.2, 0) is 5.75 Å². The Balaban J connectivity index is 1.85. The van der Waals surface area contributed by atoms with Crippen LogP contribution in [0.15, 0.2) is 39.9 Å². The molecule has 1 aromatic carbocycles. The van der Waals surface area contributed by atoms with Crippen molar-refractivity contribution in [3.8, 4) is 0 Å². The van der Waals surface area contributed by atoms with Crippen LogP contribution < -0.4 is 0 Å². The number of rotatable bonds is 3. The first-order valence-electron chi connectivity index (χ1n) is 6.01. The van der Waals surface area contributed by atoms with Gasteiger partial charge in [-0.05, 0) is 31.5 Å². The van der Waals surface area contributed by atoms with E-state index in [1.165, 1.54) is 10.9 Å². The van der Waals surface area contributed by atoms with Gasteiger partial charge in [-0.25, -0.2) is 4.98 Å². The minimum Gasteiger partial charge on any atom is -0.338 e. The molecule has 0 aliphatic carbocycles. The zero-order valence-corrected chi connectivity index (χ0v) is 11.6. The molecule has 0 unspecified atom stereocenters. The number of aromatic nitrogens is 3. The average molecular weight is 271 g/mol. The lowest BCUT2D eigenvalue weighted by Gasteiger charge is -2.04. The maximum atomic E-state index is 5.09. The van der Waals surface area contributed by atoms with Gasteiger partial charge in [0.1, 0.15) is 0 Å². The molecule has 19 heavy (non-hydrogen) atoms. The molecule has 0 saturated heterocycles. The molecule has 0 fully saturated rings. The van der Waals surface area contributed by atoms with Crippen LogP contribution >= 0.6 is 11.8 Å². The van der Waals surface area contributed by atoms with Crippen molar-refractivity contribution in [1.82, 2.24) is 15.1 Å². The SMILES string of the molecule is Cc1noc(CSc2cc(C)c3ccccc3n2)n1. The highest BCUT2D eigenvalue weighted by atomic mass is 32.2. The van der Waals surface area contributed by atoms with Gasteiger partial charge in [-0.15, -0.1) is 0 Å². The van der Waals surface area contributed by atoms with E-state index >= 15 is 0 Å². The summed E-state index contributed by atoms with van der Waals surface area (Å²) >= 11 is 1.61. The van der Waals surface area contributed by atoms with Crippen LogP contribution in [0.1, 0.15) is 17.3 Å². The molecular formula is C14H13N3OS. The molecule has 0 amide bonds. The second-order valence-electron chi connectivity index (χ2n) is 4.32. The van der Waals surface area contributed by atoms with Gasteiger partial charge in [0.05, 0.1) is 16.3 Å². The lowest BCUT2D eigenvalue weighted by atomic mass is 10.1. The minimum absolute atomic E-state index is 0.634. The van der Waals surface area contributed by atoms with Crippen LogP contribution in [0.25, 0.3) is 10.9 Å². The van der Waals surface area contributed by atoms with E-state index in [-0.39, 0.29) is 0 Å². The van der Waals surface area contributed by atoms with E-state index in [4.69, 9.17) is 4.52 Å². The number of benzene rings is 1. The maximum Gasteiger partial charge on any atom is 0.237 e. The molecule has 4 nitrogen and oxygen atoms in total. The van der Waals surface area contributed by atoms with Gasteiger partial charge in [0.2, 0.25) is 5.89 Å². The lowest BCUT2D eigenvalue weighted by Crippen LogP contribution is -1.88. The highest BCUT2D eigenvalue weighted by Crippen LogP contribution is 2.25. The fourth-order valence-corrected chi connectivity index (χ4v) is 2.74. The third kappa shape index (κ3) is 2.61. The molecule has 96 valence electrons. The summed E-state index contributed by atoms with van der Waals surface area (Å²) in [6.07, 6.45) is 0. The predicted molar refractivity (Wildman–Crippen MR) is 75.1 cm³/mol. The molecule has 0 saturated carbocycles. The summed E-state index contributed by atoms with van der Waals surface area (Å²) < 4.78 is 5.09. The van der Waals surface area contributed by atoms with Crippen molar-refractivity contribution in [1.29, 1.82) is 0 Å². The van der Waals surface area contributed by atoms with Gasteiger partial charge in [-0.1, -0.05) is 35.1 Å². The molecule has 2 heterocycles. The van der Waals surface area contributed by atoms with Gasteiger partial charge in [-0.3, -0.25) is 0 Å². The quantitative estimate of drug-likeness (QED) is 0.682. The topological polar surface area (TPSA) is 51.8 Å². The Morgan fingerprint density at radius 2 is 2.00 bits per heavy atom. The molecule has 0 bridgehead atoms. The van der Waals surface area contributed by atoms with Crippen LogP contribution in [0.3, 0.4) is 0 Å². The summed E-state index contributed by atoms with van der Waals surface area (Å²) in [5.41, 5.74) is 2.25. The molecule has 0 N–H and O–H groups in total. The minimum atomic E-state index is 0.634. The monoisotopic (exact) mass is 271 g/mol. The Hall–Kier alpha value is -1.88. The summed E-state index contributed by atoms with van der Waals surface area (Å²) in [4.78, 5) is 8.82. The van der Waals surface area contributed by atoms with Gasteiger partial charge >= 0.3 is 0 Å². The summed E-state index contributed by atoms with van der Waals surface area (Å²) in [6.45, 7) is 3.92. The average Bonchev–Trinajstić information content (AvgIpc) is 2.82. The first kappa shape index (κ1) is 12.2. The predicted octanol–water partition coefficient (Wildman–Crippen LogP) is 3.53. The molecule has 0 aliphatic heterocycles. The third-order valence-corrected chi connectivity index (χ3v) is 3.71. The summed E-state index contributed by atoms with van der Waals surface area (Å²) in [5, 5.41) is 5.95. The molecule has 0 aliphatic rings. The molecule has 2 aromatic heterocycles. The zero-order valence-electron chi connectivity index (χ0n) is 10.8. The lowest BCUT2D eigenvalue weighted by molar-refractivity contribution is 0.387.